The fourth-order valence-corrected chi connectivity index (χ4v) is 7.07. The summed E-state index contributed by atoms with van der Waals surface area (Å²) in [5, 5.41) is 6.27. The van der Waals surface area contributed by atoms with E-state index in [1.54, 1.807) is 4.90 Å². The number of amides is 3. The van der Waals surface area contributed by atoms with Gasteiger partial charge in [0.2, 0.25) is 17.7 Å². The molecule has 202 valence electrons. The van der Waals surface area contributed by atoms with Crippen LogP contribution in [0.4, 0.5) is 8.78 Å². The molecule has 37 heavy (non-hydrogen) atoms. The number of imide groups is 1. The Hall–Kier alpha value is -2.35. The molecule has 3 fully saturated rings. The smallest absolute Gasteiger partial charge is 0.255 e. The van der Waals surface area contributed by atoms with Crippen molar-refractivity contribution in [2.24, 2.45) is 11.8 Å². The van der Waals surface area contributed by atoms with Crippen LogP contribution in [0.2, 0.25) is 0 Å². The molecule has 0 aromatic heterocycles. The second kappa shape index (κ2) is 10.8. The molecule has 2 saturated carbocycles. The van der Waals surface area contributed by atoms with Gasteiger partial charge in [0.25, 0.3) is 5.91 Å². The van der Waals surface area contributed by atoms with E-state index in [1.807, 2.05) is 12.1 Å². The van der Waals surface area contributed by atoms with Crippen molar-refractivity contribution in [3.63, 3.8) is 0 Å². The number of carbonyl (C=O) groups excluding carboxylic acids is 3. The lowest BCUT2D eigenvalue weighted by atomic mass is 9.78. The second-order valence-corrected chi connectivity index (χ2v) is 11.9. The van der Waals surface area contributed by atoms with Gasteiger partial charge >= 0.3 is 0 Å². The SMILES string of the molecule is CC(F)(F)C[C@H]1CC[C@H](N[C@H]2CCCC[C@@H]2Cc2ccc3c(c2)CN(C2CCC(=O)NC2=O)C3=O)CC1. The van der Waals surface area contributed by atoms with E-state index in [9.17, 15) is 23.2 Å². The van der Waals surface area contributed by atoms with E-state index >= 15 is 0 Å². The highest BCUT2D eigenvalue weighted by Crippen LogP contribution is 2.35. The van der Waals surface area contributed by atoms with Crippen molar-refractivity contribution < 1.29 is 23.2 Å². The first-order valence-corrected chi connectivity index (χ1v) is 14.1. The minimum Gasteiger partial charge on any atom is -0.322 e. The van der Waals surface area contributed by atoms with Gasteiger partial charge < -0.3 is 10.2 Å². The predicted octanol–water partition coefficient (Wildman–Crippen LogP) is 4.74. The predicted molar refractivity (Wildman–Crippen MR) is 136 cm³/mol. The van der Waals surface area contributed by atoms with E-state index in [0.29, 0.717) is 36.5 Å². The van der Waals surface area contributed by atoms with Crippen LogP contribution in [-0.2, 0) is 22.6 Å². The first-order valence-electron chi connectivity index (χ1n) is 14.1. The monoisotopic (exact) mass is 515 g/mol. The van der Waals surface area contributed by atoms with Gasteiger partial charge in [-0.1, -0.05) is 25.0 Å². The number of hydrogen-bond donors (Lipinski definition) is 2. The van der Waals surface area contributed by atoms with E-state index in [1.165, 1.54) is 18.4 Å². The lowest BCUT2D eigenvalue weighted by Crippen LogP contribution is -2.52. The average molecular weight is 516 g/mol. The maximum atomic E-state index is 13.4. The lowest BCUT2D eigenvalue weighted by molar-refractivity contribution is -0.136. The highest BCUT2D eigenvalue weighted by atomic mass is 19.3. The van der Waals surface area contributed by atoms with Crippen molar-refractivity contribution in [1.82, 2.24) is 15.5 Å². The van der Waals surface area contributed by atoms with Gasteiger partial charge in [0.05, 0.1) is 0 Å². The van der Waals surface area contributed by atoms with Crippen LogP contribution in [0.25, 0.3) is 0 Å². The van der Waals surface area contributed by atoms with Crippen LogP contribution in [0.15, 0.2) is 18.2 Å². The second-order valence-electron chi connectivity index (χ2n) is 11.9. The fourth-order valence-electron chi connectivity index (χ4n) is 7.07. The summed E-state index contributed by atoms with van der Waals surface area (Å²) in [6.45, 7) is 1.44. The van der Waals surface area contributed by atoms with Gasteiger partial charge in [-0.3, -0.25) is 19.7 Å². The van der Waals surface area contributed by atoms with E-state index in [2.05, 4.69) is 16.7 Å². The highest BCUT2D eigenvalue weighted by molar-refractivity contribution is 6.05. The zero-order chi connectivity index (χ0) is 26.2. The Morgan fingerprint density at radius 2 is 1.78 bits per heavy atom. The van der Waals surface area contributed by atoms with Gasteiger partial charge in [0, 0.05) is 37.0 Å². The quantitative estimate of drug-likeness (QED) is 0.514. The third-order valence-corrected chi connectivity index (χ3v) is 8.94. The maximum Gasteiger partial charge on any atom is 0.255 e. The molecule has 6 nitrogen and oxygen atoms in total. The normalized spacial score (nSPS) is 30.8. The van der Waals surface area contributed by atoms with Crippen LogP contribution in [0, 0.1) is 11.8 Å². The molecule has 1 unspecified atom stereocenters. The van der Waals surface area contributed by atoms with Crippen molar-refractivity contribution in [2.75, 3.05) is 0 Å². The maximum absolute atomic E-state index is 13.4. The third-order valence-electron chi connectivity index (χ3n) is 8.94. The first-order chi connectivity index (χ1) is 17.7. The summed E-state index contributed by atoms with van der Waals surface area (Å²) in [7, 11) is 0. The number of hydrogen-bond acceptors (Lipinski definition) is 4. The number of alkyl halides is 2. The van der Waals surface area contributed by atoms with Gasteiger partial charge in [0.15, 0.2) is 0 Å². The number of nitrogens with one attached hydrogen (secondary N) is 2. The zero-order valence-electron chi connectivity index (χ0n) is 21.7. The van der Waals surface area contributed by atoms with Crippen molar-refractivity contribution >= 4 is 17.7 Å². The standard InChI is InChI=1S/C29H39F2N3O3/c1-29(30,31)16-18-6-9-22(10-7-18)32-24-5-3-2-4-20(24)14-19-8-11-23-21(15-19)17-34(28(23)37)25-12-13-26(35)33-27(25)36/h8,11,15,18,20,22,24-25,32H,2-7,9-10,12-14,16-17H2,1H3,(H,33,35,36)/t18-,20-,22-,24+,25?/m1/s1. The summed E-state index contributed by atoms with van der Waals surface area (Å²) in [5.74, 6) is -2.73. The van der Waals surface area contributed by atoms with E-state index in [0.717, 1.165) is 57.4 Å². The molecule has 2 heterocycles. The highest BCUT2D eigenvalue weighted by Gasteiger charge is 2.39. The van der Waals surface area contributed by atoms with Crippen molar-refractivity contribution in [1.29, 1.82) is 0 Å². The molecule has 0 bridgehead atoms. The van der Waals surface area contributed by atoms with Crippen LogP contribution < -0.4 is 10.6 Å². The van der Waals surface area contributed by atoms with E-state index in [-0.39, 0.29) is 36.5 Å². The first kappa shape index (κ1) is 26.3. The molecule has 1 aromatic rings. The van der Waals surface area contributed by atoms with Gasteiger partial charge in [-0.05, 0) is 87.3 Å². The average Bonchev–Trinajstić information content (AvgIpc) is 3.16. The molecule has 2 N–H and O–H groups in total. The van der Waals surface area contributed by atoms with Crippen molar-refractivity contribution in [3.05, 3.63) is 34.9 Å². The minimum atomic E-state index is -2.57. The molecular weight excluding hydrogens is 476 g/mol. The Morgan fingerprint density at radius 3 is 2.51 bits per heavy atom. The summed E-state index contributed by atoms with van der Waals surface area (Å²) in [5.41, 5.74) is 2.82. The van der Waals surface area contributed by atoms with E-state index in [4.69, 9.17) is 0 Å². The van der Waals surface area contributed by atoms with Crippen molar-refractivity contribution in [3.8, 4) is 0 Å². The van der Waals surface area contributed by atoms with Crippen LogP contribution in [0.3, 0.4) is 0 Å². The van der Waals surface area contributed by atoms with Crippen LogP contribution in [0.1, 0.15) is 99.0 Å². The molecule has 1 saturated heterocycles. The van der Waals surface area contributed by atoms with Crippen LogP contribution >= 0.6 is 0 Å². The Bertz CT molecular complexity index is 1030. The molecular formula is C29H39F2N3O3. The number of fused-ring (bicyclic) bond motifs is 1. The molecule has 3 atom stereocenters. The van der Waals surface area contributed by atoms with Gasteiger partial charge in [-0.2, -0.15) is 0 Å². The number of piperidine rings is 1. The number of benzene rings is 1. The van der Waals surface area contributed by atoms with Gasteiger partial charge in [-0.25, -0.2) is 8.78 Å². The molecule has 2 aliphatic carbocycles. The minimum absolute atomic E-state index is 0.00752. The zero-order valence-corrected chi connectivity index (χ0v) is 21.7. The molecule has 5 rings (SSSR count). The molecule has 0 spiro atoms. The molecule has 4 aliphatic rings. The van der Waals surface area contributed by atoms with Crippen molar-refractivity contribution in [2.45, 2.75) is 115 Å². The Balaban J connectivity index is 1.19. The van der Waals surface area contributed by atoms with Gasteiger partial charge in [-0.15, -0.1) is 0 Å². The van der Waals surface area contributed by atoms with Crippen LogP contribution in [0.5, 0.6) is 0 Å². The summed E-state index contributed by atoms with van der Waals surface area (Å²) in [6, 6.07) is 6.32. The summed E-state index contributed by atoms with van der Waals surface area (Å²) >= 11 is 0. The molecule has 8 heteroatoms. The topological polar surface area (TPSA) is 78.5 Å². The number of carbonyl (C=O) groups is 3. The summed E-state index contributed by atoms with van der Waals surface area (Å²) in [6.07, 6.45) is 10.0. The molecule has 1 aromatic carbocycles. The Labute approximate surface area is 217 Å². The molecule has 0 radical (unpaired) electrons. The molecule has 3 amide bonds. The number of halogens is 2. The largest absolute Gasteiger partial charge is 0.322 e. The summed E-state index contributed by atoms with van der Waals surface area (Å²) in [4.78, 5) is 38.5. The number of rotatable bonds is 7. The summed E-state index contributed by atoms with van der Waals surface area (Å²) < 4.78 is 26.8. The molecule has 2 aliphatic heterocycles. The third kappa shape index (κ3) is 6.21. The lowest BCUT2D eigenvalue weighted by Gasteiger charge is -2.38. The fraction of sp³-hybridized carbons (Fsp3) is 0.690. The Morgan fingerprint density at radius 1 is 1.03 bits per heavy atom. The van der Waals surface area contributed by atoms with E-state index < -0.39 is 12.0 Å². The van der Waals surface area contributed by atoms with Crippen LogP contribution in [-0.4, -0.2) is 46.7 Å². The van der Waals surface area contributed by atoms with Gasteiger partial charge in [0.1, 0.15) is 6.04 Å². The number of nitrogens with zero attached hydrogens (tertiary/aromatic N) is 1. The Kier molecular flexibility index (Phi) is 7.66.